The number of halogens is 2. The topological polar surface area (TPSA) is 38.7 Å². The number of alkyl halides is 2. The lowest BCUT2D eigenvalue weighted by atomic mass is 9.70. The zero-order valence-electron chi connectivity index (χ0n) is 10.9. The Morgan fingerprint density at radius 3 is 2.53 bits per heavy atom. The zero-order chi connectivity index (χ0) is 14.0. The Morgan fingerprint density at radius 2 is 2.11 bits per heavy atom. The van der Waals surface area contributed by atoms with Gasteiger partial charge in [-0.25, -0.2) is 13.6 Å². The maximum Gasteiger partial charge on any atom is 0.267 e. The molecular weight excluding hydrogens is 252 g/mol. The van der Waals surface area contributed by atoms with Crippen LogP contribution in [-0.4, -0.2) is 13.2 Å². The second-order valence-electron chi connectivity index (χ2n) is 4.77. The minimum absolute atomic E-state index is 0.147. The Morgan fingerprint density at radius 1 is 1.42 bits per heavy atom. The first-order valence-corrected chi connectivity index (χ1v) is 6.11. The lowest BCUT2D eigenvalue weighted by Crippen LogP contribution is -2.33. The van der Waals surface area contributed by atoms with Crippen LogP contribution in [0.3, 0.4) is 0 Å². The highest BCUT2D eigenvalue weighted by atomic mass is 19.3. The first-order valence-electron chi connectivity index (χ1n) is 6.11. The molecule has 0 radical (unpaired) electrons. The summed E-state index contributed by atoms with van der Waals surface area (Å²) in [5.74, 6) is 0.147. The van der Waals surface area contributed by atoms with Crippen LogP contribution in [0.2, 0.25) is 0 Å². The Balaban J connectivity index is 2.67. The molecule has 0 saturated heterocycles. The molecule has 0 spiro atoms. The van der Waals surface area contributed by atoms with Gasteiger partial charge in [-0.2, -0.15) is 4.99 Å². The van der Waals surface area contributed by atoms with Gasteiger partial charge in [0.05, 0.1) is 12.7 Å². The van der Waals surface area contributed by atoms with Crippen LogP contribution in [0.5, 0.6) is 5.75 Å². The summed E-state index contributed by atoms with van der Waals surface area (Å²) in [7, 11) is 1.36. The van der Waals surface area contributed by atoms with E-state index in [0.29, 0.717) is 18.4 Å². The highest BCUT2D eigenvalue weighted by Crippen LogP contribution is 2.51. The fourth-order valence-electron chi connectivity index (χ4n) is 2.68. The van der Waals surface area contributed by atoms with Crippen molar-refractivity contribution in [1.29, 1.82) is 0 Å². The fourth-order valence-corrected chi connectivity index (χ4v) is 2.68. The van der Waals surface area contributed by atoms with Gasteiger partial charge in [0.25, 0.3) is 6.43 Å². The third kappa shape index (κ3) is 2.15. The third-order valence-electron chi connectivity index (χ3n) is 3.74. The van der Waals surface area contributed by atoms with E-state index in [4.69, 9.17) is 4.74 Å². The van der Waals surface area contributed by atoms with Gasteiger partial charge in [-0.3, -0.25) is 0 Å². The summed E-state index contributed by atoms with van der Waals surface area (Å²) in [5.41, 5.74) is 0.514. The van der Waals surface area contributed by atoms with Gasteiger partial charge in [-0.1, -0.05) is 6.07 Å². The highest BCUT2D eigenvalue weighted by Gasteiger charge is 2.43. The van der Waals surface area contributed by atoms with Crippen LogP contribution in [0.4, 0.5) is 8.78 Å². The lowest BCUT2D eigenvalue weighted by Gasteiger charge is -2.39. The van der Waals surface area contributed by atoms with Crippen molar-refractivity contribution < 1.29 is 18.3 Å². The molecule has 1 aliphatic carbocycles. The normalized spacial score (nSPS) is 16.7. The minimum Gasteiger partial charge on any atom is -0.496 e. The van der Waals surface area contributed by atoms with Crippen molar-refractivity contribution in [3.8, 4) is 5.75 Å². The van der Waals surface area contributed by atoms with E-state index < -0.39 is 12.0 Å². The molecule has 2 rings (SSSR count). The van der Waals surface area contributed by atoms with Crippen LogP contribution in [0.1, 0.15) is 42.4 Å². The number of aliphatic imine (C=N–C) groups is 1. The van der Waals surface area contributed by atoms with Gasteiger partial charge < -0.3 is 4.74 Å². The molecule has 1 aliphatic rings. The maximum atomic E-state index is 13.0. The molecule has 1 saturated carbocycles. The molecule has 0 aliphatic heterocycles. The number of methoxy groups -OCH3 is 1. The predicted molar refractivity (Wildman–Crippen MR) is 66.3 cm³/mol. The molecule has 1 fully saturated rings. The molecule has 0 atom stereocenters. The van der Waals surface area contributed by atoms with Gasteiger partial charge in [-0.15, -0.1) is 0 Å². The number of hydrogen-bond donors (Lipinski definition) is 0. The van der Waals surface area contributed by atoms with Crippen LogP contribution in [0.25, 0.3) is 0 Å². The van der Waals surface area contributed by atoms with Crippen molar-refractivity contribution in [2.24, 2.45) is 4.99 Å². The van der Waals surface area contributed by atoms with E-state index in [1.807, 2.05) is 6.92 Å². The van der Waals surface area contributed by atoms with Crippen LogP contribution in [0.15, 0.2) is 17.1 Å². The summed E-state index contributed by atoms with van der Waals surface area (Å²) in [6.07, 6.45) is 1.18. The molecule has 0 amide bonds. The molecule has 3 nitrogen and oxygen atoms in total. The Kier molecular flexibility index (Phi) is 3.67. The molecular formula is C14H15F2NO2. The number of ether oxygens (including phenoxy) is 1. The zero-order valence-corrected chi connectivity index (χ0v) is 10.9. The highest BCUT2D eigenvalue weighted by molar-refractivity contribution is 5.53. The summed E-state index contributed by atoms with van der Waals surface area (Å²) in [6, 6.07) is 2.99. The van der Waals surface area contributed by atoms with Crippen molar-refractivity contribution in [3.63, 3.8) is 0 Å². The summed E-state index contributed by atoms with van der Waals surface area (Å²) >= 11 is 0. The van der Waals surface area contributed by atoms with Crippen molar-refractivity contribution in [3.05, 3.63) is 28.8 Å². The van der Waals surface area contributed by atoms with Crippen molar-refractivity contribution in [2.45, 2.75) is 38.2 Å². The number of rotatable bonds is 4. The third-order valence-corrected chi connectivity index (χ3v) is 3.74. The van der Waals surface area contributed by atoms with Crippen LogP contribution in [-0.2, 0) is 10.3 Å². The number of isocyanates is 1. The van der Waals surface area contributed by atoms with E-state index in [0.717, 1.165) is 12.0 Å². The average Bonchev–Trinajstić information content (AvgIpc) is 2.33. The molecule has 0 N–H and O–H groups in total. The molecule has 5 heteroatoms. The minimum atomic E-state index is -2.62. The maximum absolute atomic E-state index is 13.0. The molecule has 19 heavy (non-hydrogen) atoms. The van der Waals surface area contributed by atoms with Crippen molar-refractivity contribution in [1.82, 2.24) is 0 Å². The summed E-state index contributed by atoms with van der Waals surface area (Å²) in [6.45, 7) is 1.81. The lowest BCUT2D eigenvalue weighted by molar-refractivity contribution is 0.145. The smallest absolute Gasteiger partial charge is 0.267 e. The van der Waals surface area contributed by atoms with E-state index in [1.54, 1.807) is 12.1 Å². The van der Waals surface area contributed by atoms with Gasteiger partial charge in [0.1, 0.15) is 11.3 Å². The number of hydrogen-bond acceptors (Lipinski definition) is 3. The molecule has 102 valence electrons. The van der Waals surface area contributed by atoms with E-state index in [9.17, 15) is 13.6 Å². The van der Waals surface area contributed by atoms with Crippen LogP contribution < -0.4 is 4.74 Å². The first-order chi connectivity index (χ1) is 9.05. The number of benzene rings is 1. The Bertz CT molecular complexity index is 532. The molecule has 1 aromatic rings. The predicted octanol–water partition coefficient (Wildman–Crippen LogP) is 3.66. The van der Waals surface area contributed by atoms with Gasteiger partial charge >= 0.3 is 0 Å². The molecule has 0 heterocycles. The molecule has 1 aromatic carbocycles. The van der Waals surface area contributed by atoms with E-state index >= 15 is 0 Å². The van der Waals surface area contributed by atoms with E-state index in [-0.39, 0.29) is 11.3 Å². The molecule has 0 aromatic heterocycles. The summed E-state index contributed by atoms with van der Waals surface area (Å²) < 4.78 is 31.2. The second kappa shape index (κ2) is 5.10. The average molecular weight is 267 g/mol. The standard InChI is InChI=1S/C14H15F2NO2/c1-9-4-5-10(13(15)16)12(19-2)11(9)14(17-8-18)6-3-7-14/h4-5,13H,3,6-7H2,1-2H3. The van der Waals surface area contributed by atoms with Gasteiger partial charge in [0, 0.05) is 5.56 Å². The summed E-state index contributed by atoms with van der Waals surface area (Å²) in [4.78, 5) is 14.5. The van der Waals surface area contributed by atoms with Crippen molar-refractivity contribution >= 4 is 6.08 Å². The van der Waals surface area contributed by atoms with Crippen LogP contribution in [0, 0.1) is 6.92 Å². The van der Waals surface area contributed by atoms with E-state index in [2.05, 4.69) is 4.99 Å². The fraction of sp³-hybridized carbons (Fsp3) is 0.500. The number of aryl methyl sites for hydroxylation is 1. The molecule has 0 bridgehead atoms. The first kappa shape index (κ1) is 13.7. The SMILES string of the molecule is COc1c(C(F)F)ccc(C)c1C1(N=C=O)CCC1. The van der Waals surface area contributed by atoms with Gasteiger partial charge in [-0.05, 0) is 37.8 Å². The second-order valence-corrected chi connectivity index (χ2v) is 4.77. The Hall–Kier alpha value is -1.74. The van der Waals surface area contributed by atoms with Gasteiger partial charge in [0.15, 0.2) is 0 Å². The molecule has 0 unspecified atom stereocenters. The largest absolute Gasteiger partial charge is 0.496 e. The number of carbonyl (C=O) groups excluding carboxylic acids is 1. The Labute approximate surface area is 110 Å². The van der Waals surface area contributed by atoms with Crippen molar-refractivity contribution in [2.75, 3.05) is 7.11 Å². The van der Waals surface area contributed by atoms with E-state index in [1.165, 1.54) is 13.2 Å². The van der Waals surface area contributed by atoms with Gasteiger partial charge in [0.2, 0.25) is 6.08 Å². The summed E-state index contributed by atoms with van der Waals surface area (Å²) in [5, 5.41) is 0. The monoisotopic (exact) mass is 267 g/mol. The quantitative estimate of drug-likeness (QED) is 0.617. The van der Waals surface area contributed by atoms with Crippen LogP contribution >= 0.6 is 0 Å². The number of nitrogens with zero attached hydrogens (tertiary/aromatic N) is 1.